The van der Waals surface area contributed by atoms with Gasteiger partial charge in [0.25, 0.3) is 0 Å². The number of Topliss-reactive ketones (excluding diaryl/α,β-unsaturated/α-hetero) is 1. The summed E-state index contributed by atoms with van der Waals surface area (Å²) < 4.78 is 4.56. The molecule has 0 amide bonds. The minimum Gasteiger partial charge on any atom is -0.469 e. The number of hydrogen-bond donors (Lipinski definition) is 0. The number of unbranched alkanes of at least 4 members (excludes halogenated alkanes) is 2. The van der Waals surface area contributed by atoms with Crippen molar-refractivity contribution >= 4 is 11.8 Å². The van der Waals surface area contributed by atoms with Gasteiger partial charge in [-0.2, -0.15) is 5.26 Å². The van der Waals surface area contributed by atoms with Crippen molar-refractivity contribution in [2.75, 3.05) is 7.11 Å². The smallest absolute Gasteiger partial charge is 0.306 e. The summed E-state index contributed by atoms with van der Waals surface area (Å²) in [5.41, 5.74) is 0. The highest BCUT2D eigenvalue weighted by Crippen LogP contribution is 2.17. The number of ketones is 1. The largest absolute Gasteiger partial charge is 0.469 e. The van der Waals surface area contributed by atoms with Crippen molar-refractivity contribution in [3.05, 3.63) is 0 Å². The molecule has 0 saturated carbocycles. The van der Waals surface area contributed by atoms with E-state index in [0.29, 0.717) is 19.3 Å². The Balaban J connectivity index is 4.19. The Morgan fingerprint density at radius 1 is 1.35 bits per heavy atom. The molecule has 96 valence electrons. The minimum atomic E-state index is -0.378. The van der Waals surface area contributed by atoms with E-state index >= 15 is 0 Å². The van der Waals surface area contributed by atoms with Crippen LogP contribution in [-0.4, -0.2) is 18.9 Å². The molecular formula is C13H21NO3. The third-order valence-electron chi connectivity index (χ3n) is 2.73. The SMILES string of the molecule is CCCCCC(=O)C(CCC#N)CC(=O)OC. The number of esters is 1. The fraction of sp³-hybridized carbons (Fsp3) is 0.769. The molecule has 0 fully saturated rings. The van der Waals surface area contributed by atoms with Crippen molar-refractivity contribution in [1.82, 2.24) is 0 Å². The highest BCUT2D eigenvalue weighted by molar-refractivity contribution is 5.85. The molecular weight excluding hydrogens is 218 g/mol. The lowest BCUT2D eigenvalue weighted by Gasteiger charge is -2.12. The monoisotopic (exact) mass is 239 g/mol. The highest BCUT2D eigenvalue weighted by atomic mass is 16.5. The molecule has 0 aromatic rings. The average Bonchev–Trinajstić information content (AvgIpc) is 2.34. The molecule has 0 heterocycles. The quantitative estimate of drug-likeness (QED) is 0.458. The van der Waals surface area contributed by atoms with Crippen LogP contribution < -0.4 is 0 Å². The van der Waals surface area contributed by atoms with Crippen molar-refractivity contribution in [2.24, 2.45) is 5.92 Å². The van der Waals surface area contributed by atoms with Crippen molar-refractivity contribution in [3.63, 3.8) is 0 Å². The number of ether oxygens (including phenoxy) is 1. The lowest BCUT2D eigenvalue weighted by atomic mass is 9.92. The zero-order chi connectivity index (χ0) is 13.1. The molecule has 0 aromatic carbocycles. The number of nitrogens with zero attached hydrogens (tertiary/aromatic N) is 1. The number of nitriles is 1. The van der Waals surface area contributed by atoms with Crippen molar-refractivity contribution in [3.8, 4) is 6.07 Å². The molecule has 0 radical (unpaired) electrons. The maximum atomic E-state index is 11.9. The Bertz CT molecular complexity index is 281. The predicted octanol–water partition coefficient (Wildman–Crippen LogP) is 2.62. The second-order valence-electron chi connectivity index (χ2n) is 4.10. The van der Waals surface area contributed by atoms with Gasteiger partial charge in [-0.05, 0) is 12.8 Å². The van der Waals surface area contributed by atoms with Crippen LogP contribution >= 0.6 is 0 Å². The summed E-state index contributed by atoms with van der Waals surface area (Å²) in [4.78, 5) is 23.0. The second kappa shape index (κ2) is 9.83. The molecule has 4 nitrogen and oxygen atoms in total. The van der Waals surface area contributed by atoms with Gasteiger partial charge in [0.1, 0.15) is 5.78 Å². The Morgan fingerprint density at radius 2 is 2.06 bits per heavy atom. The number of hydrogen-bond acceptors (Lipinski definition) is 4. The summed E-state index contributed by atoms with van der Waals surface area (Å²) in [6.07, 6.45) is 4.31. The zero-order valence-electron chi connectivity index (χ0n) is 10.7. The summed E-state index contributed by atoms with van der Waals surface area (Å²) in [5.74, 6) is -0.644. The molecule has 0 rings (SSSR count). The van der Waals surface area contributed by atoms with E-state index in [2.05, 4.69) is 11.7 Å². The fourth-order valence-corrected chi connectivity index (χ4v) is 1.65. The first kappa shape index (κ1) is 15.6. The van der Waals surface area contributed by atoms with E-state index in [4.69, 9.17) is 5.26 Å². The molecule has 0 aliphatic carbocycles. The first-order valence-corrected chi connectivity index (χ1v) is 6.12. The van der Waals surface area contributed by atoms with E-state index in [1.165, 1.54) is 7.11 Å². The van der Waals surface area contributed by atoms with Crippen molar-refractivity contribution in [2.45, 2.75) is 51.9 Å². The third-order valence-corrected chi connectivity index (χ3v) is 2.73. The van der Waals surface area contributed by atoms with Gasteiger partial charge in [-0.25, -0.2) is 0 Å². The fourth-order valence-electron chi connectivity index (χ4n) is 1.65. The molecule has 0 aliphatic heterocycles. The molecule has 0 aromatic heterocycles. The van der Waals surface area contributed by atoms with Crippen LogP contribution in [0.1, 0.15) is 51.9 Å². The van der Waals surface area contributed by atoms with Crippen LogP contribution in [0.4, 0.5) is 0 Å². The van der Waals surface area contributed by atoms with E-state index in [1.54, 1.807) is 0 Å². The van der Waals surface area contributed by atoms with Crippen LogP contribution in [0, 0.1) is 17.2 Å². The number of rotatable bonds is 9. The molecule has 0 bridgehead atoms. The Labute approximate surface area is 103 Å². The summed E-state index contributed by atoms with van der Waals surface area (Å²) >= 11 is 0. The van der Waals surface area contributed by atoms with Crippen molar-refractivity contribution < 1.29 is 14.3 Å². The Hall–Kier alpha value is -1.37. The molecule has 1 atom stereocenters. The standard InChI is InChI=1S/C13H21NO3/c1-3-4-5-8-12(15)11(7-6-9-14)10-13(16)17-2/h11H,3-8,10H2,1-2H3. The number of carbonyl (C=O) groups excluding carboxylic acids is 2. The molecule has 0 N–H and O–H groups in total. The van der Waals surface area contributed by atoms with Gasteiger partial charge in [0.15, 0.2) is 0 Å². The maximum Gasteiger partial charge on any atom is 0.306 e. The van der Waals surface area contributed by atoms with Gasteiger partial charge < -0.3 is 4.74 Å². The van der Waals surface area contributed by atoms with E-state index in [9.17, 15) is 9.59 Å². The van der Waals surface area contributed by atoms with Gasteiger partial charge in [0.2, 0.25) is 0 Å². The van der Waals surface area contributed by atoms with Gasteiger partial charge in [0, 0.05) is 18.8 Å². The summed E-state index contributed by atoms with van der Waals surface area (Å²) in [7, 11) is 1.31. The van der Waals surface area contributed by atoms with Crippen LogP contribution in [0.5, 0.6) is 0 Å². The average molecular weight is 239 g/mol. The summed E-state index contributed by atoms with van der Waals surface area (Å²) in [5, 5.41) is 8.52. The Kier molecular flexibility index (Phi) is 9.04. The van der Waals surface area contributed by atoms with E-state index < -0.39 is 0 Å². The van der Waals surface area contributed by atoms with Gasteiger partial charge in [0.05, 0.1) is 19.6 Å². The first-order valence-electron chi connectivity index (χ1n) is 6.12. The topological polar surface area (TPSA) is 67.2 Å². The number of methoxy groups -OCH3 is 1. The third kappa shape index (κ3) is 7.51. The molecule has 0 saturated heterocycles. The van der Waals surface area contributed by atoms with Crippen LogP contribution in [0.3, 0.4) is 0 Å². The highest BCUT2D eigenvalue weighted by Gasteiger charge is 2.21. The minimum absolute atomic E-state index is 0.0825. The van der Waals surface area contributed by atoms with E-state index in [-0.39, 0.29) is 24.1 Å². The van der Waals surface area contributed by atoms with E-state index in [0.717, 1.165) is 19.3 Å². The molecule has 0 aliphatic rings. The normalized spacial score (nSPS) is 11.6. The van der Waals surface area contributed by atoms with E-state index in [1.807, 2.05) is 6.07 Å². The van der Waals surface area contributed by atoms with Crippen LogP contribution in [-0.2, 0) is 14.3 Å². The van der Waals surface area contributed by atoms with Crippen LogP contribution in [0.25, 0.3) is 0 Å². The first-order chi connectivity index (χ1) is 8.15. The lowest BCUT2D eigenvalue weighted by Crippen LogP contribution is -2.19. The van der Waals surface area contributed by atoms with Crippen molar-refractivity contribution in [1.29, 1.82) is 5.26 Å². The van der Waals surface area contributed by atoms with Crippen LogP contribution in [0.2, 0.25) is 0 Å². The molecule has 0 spiro atoms. The van der Waals surface area contributed by atoms with Crippen LogP contribution in [0.15, 0.2) is 0 Å². The lowest BCUT2D eigenvalue weighted by molar-refractivity contribution is -0.144. The molecule has 1 unspecified atom stereocenters. The predicted molar refractivity (Wildman–Crippen MR) is 64.1 cm³/mol. The summed E-state index contributed by atoms with van der Waals surface area (Å²) in [6, 6.07) is 2.01. The Morgan fingerprint density at radius 3 is 2.59 bits per heavy atom. The van der Waals surface area contributed by atoms with Gasteiger partial charge in [-0.1, -0.05) is 19.8 Å². The molecule has 4 heteroatoms. The number of carbonyl (C=O) groups is 2. The van der Waals surface area contributed by atoms with Gasteiger partial charge in [-0.3, -0.25) is 9.59 Å². The zero-order valence-corrected chi connectivity index (χ0v) is 10.7. The van der Waals surface area contributed by atoms with Gasteiger partial charge in [-0.15, -0.1) is 0 Å². The maximum absolute atomic E-state index is 11.9. The molecule has 17 heavy (non-hydrogen) atoms. The summed E-state index contributed by atoms with van der Waals surface area (Å²) in [6.45, 7) is 2.08. The van der Waals surface area contributed by atoms with Gasteiger partial charge >= 0.3 is 5.97 Å². The second-order valence-corrected chi connectivity index (χ2v) is 4.10.